The Balaban J connectivity index is 1.62. The summed E-state index contributed by atoms with van der Waals surface area (Å²) in [6.45, 7) is 5.02. The average molecular weight is 390 g/mol. The number of hydrogen-bond acceptors (Lipinski definition) is 6. The van der Waals surface area contributed by atoms with Crippen LogP contribution in [-0.4, -0.2) is 31.1 Å². The highest BCUT2D eigenvalue weighted by atomic mass is 15.7. The number of benzene rings is 1. The van der Waals surface area contributed by atoms with Crippen LogP contribution in [-0.2, 0) is 14.1 Å². The highest BCUT2D eigenvalue weighted by Gasteiger charge is 2.30. The first-order valence-corrected chi connectivity index (χ1v) is 9.90. The number of nitrogens with one attached hydrogen (secondary N) is 3. The molecule has 0 bridgehead atoms. The monoisotopic (exact) mass is 390 g/mol. The van der Waals surface area contributed by atoms with E-state index in [1.807, 2.05) is 36.6 Å². The molecule has 29 heavy (non-hydrogen) atoms. The fourth-order valence-corrected chi connectivity index (χ4v) is 4.29. The molecule has 0 radical (unpaired) electrons. The van der Waals surface area contributed by atoms with Gasteiger partial charge in [-0.05, 0) is 37.5 Å². The van der Waals surface area contributed by atoms with E-state index in [-0.39, 0.29) is 6.04 Å². The summed E-state index contributed by atoms with van der Waals surface area (Å²) in [6.07, 6.45) is 4.93. The molecule has 0 amide bonds. The van der Waals surface area contributed by atoms with Crippen LogP contribution in [0.4, 0.5) is 5.82 Å². The van der Waals surface area contributed by atoms with E-state index in [1.54, 1.807) is 0 Å². The molecule has 5 rings (SSSR count). The second kappa shape index (κ2) is 6.66. The van der Waals surface area contributed by atoms with Crippen molar-refractivity contribution in [3.63, 3.8) is 0 Å². The zero-order chi connectivity index (χ0) is 20.1. The lowest BCUT2D eigenvalue weighted by Crippen LogP contribution is -2.38. The average Bonchev–Trinajstić information content (AvgIpc) is 3.34. The lowest BCUT2D eigenvalue weighted by Gasteiger charge is -2.21. The highest BCUT2D eigenvalue weighted by molar-refractivity contribution is 5.75. The van der Waals surface area contributed by atoms with Gasteiger partial charge in [-0.15, -0.1) is 5.53 Å². The van der Waals surface area contributed by atoms with Gasteiger partial charge in [-0.2, -0.15) is 10.2 Å². The molecule has 8 heteroatoms. The maximum absolute atomic E-state index is 4.49. The number of aryl methyl sites for hydroxylation is 3. The number of hydrogen-bond donors (Lipinski definition) is 3. The maximum atomic E-state index is 4.49. The molecular formula is C21H26N8. The van der Waals surface area contributed by atoms with Crippen LogP contribution in [0.2, 0.25) is 0 Å². The Kier molecular flexibility index (Phi) is 4.09. The van der Waals surface area contributed by atoms with Crippen molar-refractivity contribution in [3.8, 4) is 11.1 Å². The summed E-state index contributed by atoms with van der Waals surface area (Å²) in [5, 5.41) is 14.8. The SMILES string of the molecule is CC1=C2c3ccc(-c4cnn(C)c4)cc3C(Nc3cc(C)nn3C)CCN2NN1. The number of allylic oxidation sites excluding steroid dienone is 1. The van der Waals surface area contributed by atoms with Gasteiger partial charge in [-0.1, -0.05) is 12.1 Å². The van der Waals surface area contributed by atoms with Crippen molar-refractivity contribution in [2.24, 2.45) is 14.1 Å². The summed E-state index contributed by atoms with van der Waals surface area (Å²) < 4.78 is 3.75. The van der Waals surface area contributed by atoms with Crippen LogP contribution in [0.1, 0.15) is 36.2 Å². The van der Waals surface area contributed by atoms with Crippen LogP contribution < -0.4 is 16.3 Å². The van der Waals surface area contributed by atoms with Crippen LogP contribution in [0.15, 0.2) is 42.4 Å². The first kappa shape index (κ1) is 17.8. The summed E-state index contributed by atoms with van der Waals surface area (Å²) >= 11 is 0. The Labute approximate surface area is 170 Å². The maximum Gasteiger partial charge on any atom is 0.124 e. The van der Waals surface area contributed by atoms with Gasteiger partial charge in [0.1, 0.15) is 5.82 Å². The minimum Gasteiger partial charge on any atom is -0.363 e. The number of nitrogens with zero attached hydrogens (tertiary/aromatic N) is 5. The van der Waals surface area contributed by atoms with Gasteiger partial charge in [0, 0.05) is 44.0 Å². The minimum atomic E-state index is 0.170. The standard InChI is InChI=1S/C21H26N8/c1-13-9-20(28(4)25-13)23-19-7-8-29-21(14(2)24-26-29)17-6-5-15(10-18(17)19)16-11-22-27(3)12-16/h5-6,9-12,19,23-24,26H,7-8H2,1-4H3. The Morgan fingerprint density at radius 3 is 2.72 bits per heavy atom. The van der Waals surface area contributed by atoms with Crippen LogP contribution >= 0.6 is 0 Å². The van der Waals surface area contributed by atoms with Crippen molar-refractivity contribution >= 4 is 11.5 Å². The van der Waals surface area contributed by atoms with E-state index in [0.29, 0.717) is 0 Å². The first-order chi connectivity index (χ1) is 14.0. The van der Waals surface area contributed by atoms with Crippen molar-refractivity contribution < 1.29 is 0 Å². The normalized spacial score (nSPS) is 18.3. The fourth-order valence-electron chi connectivity index (χ4n) is 4.29. The number of fused-ring (bicyclic) bond motifs is 3. The number of anilines is 1. The van der Waals surface area contributed by atoms with Gasteiger partial charge in [0.15, 0.2) is 0 Å². The molecule has 2 aromatic heterocycles. The topological polar surface area (TPSA) is 75.0 Å². The second-order valence-electron chi connectivity index (χ2n) is 7.85. The number of aromatic nitrogens is 4. The Hall–Kier alpha value is -3.26. The molecule has 0 fully saturated rings. The van der Waals surface area contributed by atoms with E-state index in [9.17, 15) is 0 Å². The van der Waals surface area contributed by atoms with Gasteiger partial charge in [-0.3, -0.25) is 14.4 Å². The van der Waals surface area contributed by atoms with Gasteiger partial charge in [0.2, 0.25) is 0 Å². The zero-order valence-electron chi connectivity index (χ0n) is 17.2. The Morgan fingerprint density at radius 2 is 2.00 bits per heavy atom. The number of hydrazine groups is 2. The molecule has 0 spiro atoms. The van der Waals surface area contributed by atoms with E-state index >= 15 is 0 Å². The van der Waals surface area contributed by atoms with Crippen LogP contribution in [0.25, 0.3) is 16.8 Å². The third-order valence-electron chi connectivity index (χ3n) is 5.69. The summed E-state index contributed by atoms with van der Waals surface area (Å²) in [4.78, 5) is 0. The molecule has 0 aliphatic carbocycles. The van der Waals surface area contributed by atoms with Crippen molar-refractivity contribution in [1.82, 2.24) is 35.5 Å². The second-order valence-corrected chi connectivity index (χ2v) is 7.85. The third kappa shape index (κ3) is 3.05. The summed E-state index contributed by atoms with van der Waals surface area (Å²) in [6, 6.07) is 8.98. The molecule has 3 N–H and O–H groups in total. The molecular weight excluding hydrogens is 364 g/mol. The largest absolute Gasteiger partial charge is 0.363 e. The smallest absolute Gasteiger partial charge is 0.124 e. The van der Waals surface area contributed by atoms with Crippen molar-refractivity contribution in [3.05, 3.63) is 59.2 Å². The van der Waals surface area contributed by atoms with Crippen LogP contribution in [0.3, 0.4) is 0 Å². The molecule has 3 aromatic rings. The molecule has 8 nitrogen and oxygen atoms in total. The first-order valence-electron chi connectivity index (χ1n) is 9.90. The summed E-state index contributed by atoms with van der Waals surface area (Å²) in [7, 11) is 3.93. The van der Waals surface area contributed by atoms with Gasteiger partial charge in [0.05, 0.1) is 29.3 Å². The Morgan fingerprint density at radius 1 is 1.14 bits per heavy atom. The van der Waals surface area contributed by atoms with E-state index in [2.05, 4.69) is 68.9 Å². The van der Waals surface area contributed by atoms with Gasteiger partial charge >= 0.3 is 0 Å². The quantitative estimate of drug-likeness (QED) is 0.639. The van der Waals surface area contributed by atoms with Gasteiger partial charge < -0.3 is 10.7 Å². The predicted molar refractivity (Wildman–Crippen MR) is 113 cm³/mol. The summed E-state index contributed by atoms with van der Waals surface area (Å²) in [5.74, 6) is 1.03. The zero-order valence-corrected chi connectivity index (χ0v) is 17.2. The molecule has 0 saturated carbocycles. The molecule has 1 atom stereocenters. The van der Waals surface area contributed by atoms with Crippen molar-refractivity contribution in [2.75, 3.05) is 11.9 Å². The van der Waals surface area contributed by atoms with E-state index in [0.717, 1.165) is 35.7 Å². The van der Waals surface area contributed by atoms with Crippen molar-refractivity contribution in [2.45, 2.75) is 26.3 Å². The fraction of sp³-hybridized carbons (Fsp3) is 0.333. The van der Waals surface area contributed by atoms with Gasteiger partial charge in [-0.25, -0.2) is 0 Å². The molecule has 1 aromatic carbocycles. The van der Waals surface area contributed by atoms with Crippen LogP contribution in [0, 0.1) is 6.92 Å². The lowest BCUT2D eigenvalue weighted by molar-refractivity contribution is 0.281. The molecule has 0 saturated heterocycles. The molecule has 4 heterocycles. The molecule has 2 aliphatic heterocycles. The van der Waals surface area contributed by atoms with E-state index in [4.69, 9.17) is 0 Å². The third-order valence-corrected chi connectivity index (χ3v) is 5.69. The summed E-state index contributed by atoms with van der Waals surface area (Å²) in [5.41, 5.74) is 14.7. The van der Waals surface area contributed by atoms with E-state index in [1.165, 1.54) is 22.4 Å². The minimum absolute atomic E-state index is 0.170. The van der Waals surface area contributed by atoms with Crippen molar-refractivity contribution in [1.29, 1.82) is 0 Å². The number of rotatable bonds is 3. The Bertz CT molecular complexity index is 1110. The molecule has 150 valence electrons. The predicted octanol–water partition coefficient (Wildman–Crippen LogP) is 2.70. The van der Waals surface area contributed by atoms with E-state index < -0.39 is 0 Å². The van der Waals surface area contributed by atoms with Gasteiger partial charge in [0.25, 0.3) is 0 Å². The highest BCUT2D eigenvalue weighted by Crippen LogP contribution is 2.39. The lowest BCUT2D eigenvalue weighted by atomic mass is 9.93. The molecule has 2 aliphatic rings. The molecule has 1 unspecified atom stereocenters. The van der Waals surface area contributed by atoms with Crippen LogP contribution in [0.5, 0.6) is 0 Å².